The van der Waals surface area contributed by atoms with E-state index in [4.69, 9.17) is 5.11 Å². The first-order chi connectivity index (χ1) is 6.07. The summed E-state index contributed by atoms with van der Waals surface area (Å²) < 4.78 is 49.4. The van der Waals surface area contributed by atoms with E-state index < -0.39 is 35.7 Å². The Morgan fingerprint density at radius 1 is 1.23 bits per heavy atom. The second-order valence-corrected chi connectivity index (χ2v) is 2.19. The van der Waals surface area contributed by atoms with Crippen molar-refractivity contribution in [3.63, 3.8) is 0 Å². The Labute approximate surface area is 70.8 Å². The number of benzene rings is 1. The van der Waals surface area contributed by atoms with Gasteiger partial charge in [0.05, 0.1) is 5.69 Å². The summed E-state index contributed by atoms with van der Waals surface area (Å²) >= 11 is 0. The van der Waals surface area contributed by atoms with Crippen LogP contribution in [0.3, 0.4) is 0 Å². The van der Waals surface area contributed by atoms with Crippen LogP contribution in [0, 0.1) is 17.5 Å². The molecule has 0 unspecified atom stereocenters. The number of anilines is 1. The molecule has 1 rings (SSSR count). The largest absolute Gasteiger partial charge is 0.503 e. The Balaban J connectivity index is 3.24. The van der Waals surface area contributed by atoms with Crippen molar-refractivity contribution in [2.24, 2.45) is 0 Å². The topological polar surface area (TPSA) is 32.3 Å². The Morgan fingerprint density at radius 3 is 2.38 bits per heavy atom. The zero-order chi connectivity index (χ0) is 10.0. The van der Waals surface area contributed by atoms with Crippen LogP contribution in [0.15, 0.2) is 6.07 Å². The molecule has 0 amide bonds. The molecule has 2 nitrogen and oxygen atoms in total. The molecule has 6 heteroatoms. The first kappa shape index (κ1) is 9.63. The van der Waals surface area contributed by atoms with Gasteiger partial charge >= 0.3 is 0 Å². The molecular weight excluding hydrogens is 190 g/mol. The van der Waals surface area contributed by atoms with Crippen LogP contribution in [0.4, 0.5) is 23.2 Å². The number of hydrogen-bond donors (Lipinski definition) is 2. The molecule has 0 saturated carbocycles. The standard InChI is InChI=1S/C7H5F4NO/c8-2-12-4-1-3(9)7(13)6(11)5(4)10/h1,12-13H,2H2. The second-order valence-electron chi connectivity index (χ2n) is 2.19. The molecule has 1 aromatic rings. The highest BCUT2D eigenvalue weighted by Gasteiger charge is 2.17. The van der Waals surface area contributed by atoms with Crippen molar-refractivity contribution in [3.8, 4) is 5.75 Å². The van der Waals surface area contributed by atoms with E-state index in [1.807, 2.05) is 0 Å². The molecule has 0 bridgehead atoms. The van der Waals surface area contributed by atoms with Gasteiger partial charge in [-0.15, -0.1) is 0 Å². The van der Waals surface area contributed by atoms with Gasteiger partial charge < -0.3 is 10.4 Å². The molecule has 0 spiro atoms. The highest BCUT2D eigenvalue weighted by atomic mass is 19.2. The molecule has 0 radical (unpaired) electrons. The molecule has 0 aliphatic heterocycles. The maximum atomic E-state index is 12.7. The maximum absolute atomic E-state index is 12.7. The quantitative estimate of drug-likeness (QED) is 0.328. The molecule has 0 aliphatic rings. The average molecular weight is 195 g/mol. The fourth-order valence-corrected chi connectivity index (χ4v) is 0.786. The predicted molar refractivity (Wildman–Crippen MR) is 37.6 cm³/mol. The number of hydrogen-bond acceptors (Lipinski definition) is 2. The van der Waals surface area contributed by atoms with Gasteiger partial charge in [-0.3, -0.25) is 0 Å². The van der Waals surface area contributed by atoms with Crippen molar-refractivity contribution >= 4 is 5.69 Å². The van der Waals surface area contributed by atoms with E-state index in [1.165, 1.54) is 0 Å². The summed E-state index contributed by atoms with van der Waals surface area (Å²) in [6, 6.07) is 0.466. The van der Waals surface area contributed by atoms with E-state index in [0.29, 0.717) is 6.07 Å². The van der Waals surface area contributed by atoms with Crippen LogP contribution in [0.2, 0.25) is 0 Å². The van der Waals surface area contributed by atoms with E-state index in [0.717, 1.165) is 0 Å². The van der Waals surface area contributed by atoms with Crippen molar-refractivity contribution in [1.82, 2.24) is 0 Å². The van der Waals surface area contributed by atoms with Gasteiger partial charge in [0, 0.05) is 6.07 Å². The summed E-state index contributed by atoms with van der Waals surface area (Å²) in [7, 11) is 0. The van der Waals surface area contributed by atoms with E-state index in [-0.39, 0.29) is 0 Å². The minimum absolute atomic E-state index is 0.466. The molecular formula is C7H5F4NO. The zero-order valence-electron chi connectivity index (χ0n) is 6.24. The molecule has 13 heavy (non-hydrogen) atoms. The van der Waals surface area contributed by atoms with Crippen molar-refractivity contribution in [2.75, 3.05) is 12.1 Å². The zero-order valence-corrected chi connectivity index (χ0v) is 6.24. The highest BCUT2D eigenvalue weighted by molar-refractivity contribution is 5.49. The lowest BCUT2D eigenvalue weighted by Crippen LogP contribution is -2.01. The molecule has 0 saturated heterocycles. The number of phenols is 1. The summed E-state index contributed by atoms with van der Waals surface area (Å²) in [6.07, 6.45) is 0. The third-order valence-corrected chi connectivity index (χ3v) is 1.39. The number of nitrogens with one attached hydrogen (secondary N) is 1. The van der Waals surface area contributed by atoms with E-state index in [2.05, 4.69) is 0 Å². The SMILES string of the molecule is Oc1c(F)cc(NCF)c(F)c1F. The first-order valence-corrected chi connectivity index (χ1v) is 3.24. The van der Waals surface area contributed by atoms with Crippen molar-refractivity contribution < 1.29 is 22.7 Å². The van der Waals surface area contributed by atoms with Gasteiger partial charge in [0.15, 0.2) is 24.2 Å². The van der Waals surface area contributed by atoms with Crippen molar-refractivity contribution in [2.45, 2.75) is 0 Å². The lowest BCUT2D eigenvalue weighted by Gasteiger charge is -2.05. The minimum atomic E-state index is -1.74. The van der Waals surface area contributed by atoms with Crippen molar-refractivity contribution in [3.05, 3.63) is 23.5 Å². The summed E-state index contributed by atoms with van der Waals surface area (Å²) in [4.78, 5) is 0. The van der Waals surface area contributed by atoms with Gasteiger partial charge in [-0.1, -0.05) is 0 Å². The molecule has 0 aliphatic carbocycles. The number of phenolic OH excluding ortho intramolecular Hbond substituents is 1. The third kappa shape index (κ3) is 1.66. The van der Waals surface area contributed by atoms with E-state index >= 15 is 0 Å². The Bertz CT molecular complexity index is 329. The summed E-state index contributed by atoms with van der Waals surface area (Å²) in [5.41, 5.74) is -0.671. The van der Waals surface area contributed by atoms with Crippen LogP contribution >= 0.6 is 0 Å². The minimum Gasteiger partial charge on any atom is -0.503 e. The van der Waals surface area contributed by atoms with Crippen molar-refractivity contribution in [1.29, 1.82) is 0 Å². The summed E-state index contributed by atoms with van der Waals surface area (Å²) in [5.74, 6) is -6.02. The molecule has 1 aromatic carbocycles. The third-order valence-electron chi connectivity index (χ3n) is 1.39. The van der Waals surface area contributed by atoms with E-state index in [1.54, 1.807) is 5.32 Å². The van der Waals surface area contributed by atoms with Gasteiger partial charge in [-0.2, -0.15) is 4.39 Å². The Hall–Kier alpha value is -1.46. The Kier molecular flexibility index (Phi) is 2.60. The van der Waals surface area contributed by atoms with Crippen LogP contribution in [0.1, 0.15) is 0 Å². The van der Waals surface area contributed by atoms with Gasteiger partial charge in [-0.25, -0.2) is 13.2 Å². The monoisotopic (exact) mass is 195 g/mol. The lowest BCUT2D eigenvalue weighted by molar-refractivity contribution is 0.377. The summed E-state index contributed by atoms with van der Waals surface area (Å²) in [5, 5.41) is 10.3. The van der Waals surface area contributed by atoms with E-state index in [9.17, 15) is 17.6 Å². The van der Waals surface area contributed by atoms with Gasteiger partial charge in [0.1, 0.15) is 0 Å². The second kappa shape index (κ2) is 3.51. The highest BCUT2D eigenvalue weighted by Crippen LogP contribution is 2.28. The van der Waals surface area contributed by atoms with Crippen LogP contribution in [-0.4, -0.2) is 11.9 Å². The van der Waals surface area contributed by atoms with Crippen LogP contribution in [-0.2, 0) is 0 Å². The van der Waals surface area contributed by atoms with Crippen LogP contribution in [0.25, 0.3) is 0 Å². The lowest BCUT2D eigenvalue weighted by atomic mass is 10.2. The van der Waals surface area contributed by atoms with Gasteiger partial charge in [-0.05, 0) is 0 Å². The average Bonchev–Trinajstić information content (AvgIpc) is 2.11. The molecule has 2 N–H and O–H groups in total. The number of aromatic hydroxyl groups is 1. The normalized spacial score (nSPS) is 10.2. The predicted octanol–water partition coefficient (Wildman–Crippen LogP) is 2.15. The van der Waals surface area contributed by atoms with Crippen LogP contribution in [0.5, 0.6) is 5.75 Å². The fraction of sp³-hybridized carbons (Fsp3) is 0.143. The molecule has 0 heterocycles. The molecule has 72 valence electrons. The summed E-state index contributed by atoms with van der Waals surface area (Å²) in [6.45, 7) is -1.17. The van der Waals surface area contributed by atoms with Gasteiger partial charge in [0.25, 0.3) is 0 Å². The number of rotatable bonds is 2. The molecule has 0 atom stereocenters. The Morgan fingerprint density at radius 2 is 1.85 bits per heavy atom. The number of alkyl halides is 1. The van der Waals surface area contributed by atoms with Gasteiger partial charge in [0.2, 0.25) is 5.82 Å². The molecule has 0 aromatic heterocycles. The smallest absolute Gasteiger partial charge is 0.205 e. The fourth-order valence-electron chi connectivity index (χ4n) is 0.786. The number of halogens is 4. The first-order valence-electron chi connectivity index (χ1n) is 3.24. The van der Waals surface area contributed by atoms with Crippen LogP contribution < -0.4 is 5.32 Å². The molecule has 0 fully saturated rings. The maximum Gasteiger partial charge on any atom is 0.205 e.